The minimum Gasteiger partial charge on any atom is -0.396 e. The average molecular weight is 253 g/mol. The van der Waals surface area contributed by atoms with E-state index in [1.807, 2.05) is 33.8 Å². The summed E-state index contributed by atoms with van der Waals surface area (Å²) in [5.74, 6) is -0.134. The van der Waals surface area contributed by atoms with Crippen LogP contribution in [0.4, 0.5) is 0 Å². The van der Waals surface area contributed by atoms with Gasteiger partial charge in [0.25, 0.3) is 5.91 Å². The maximum atomic E-state index is 12.1. The maximum Gasteiger partial charge on any atom is 0.269 e. The van der Waals surface area contributed by atoms with Crippen molar-refractivity contribution in [1.82, 2.24) is 15.1 Å². The van der Waals surface area contributed by atoms with Gasteiger partial charge in [0.1, 0.15) is 5.69 Å². The first-order chi connectivity index (χ1) is 8.43. The van der Waals surface area contributed by atoms with Crippen LogP contribution in [0.3, 0.4) is 0 Å². The highest BCUT2D eigenvalue weighted by Crippen LogP contribution is 2.12. The van der Waals surface area contributed by atoms with Gasteiger partial charge in [0.05, 0.1) is 5.69 Å². The predicted octanol–water partition coefficient (Wildman–Crippen LogP) is 1.21. The molecule has 0 atom stereocenters. The van der Waals surface area contributed by atoms with E-state index < -0.39 is 0 Å². The SMILES string of the molecule is CCc1cc(C(=O)NCC(C)(C)CO)n(CC)n1. The molecular formula is C13H23N3O2. The van der Waals surface area contributed by atoms with Gasteiger partial charge in [0, 0.05) is 25.1 Å². The molecule has 102 valence electrons. The summed E-state index contributed by atoms with van der Waals surface area (Å²) in [4.78, 5) is 12.1. The lowest BCUT2D eigenvalue weighted by Crippen LogP contribution is -2.36. The highest BCUT2D eigenvalue weighted by Gasteiger charge is 2.20. The Morgan fingerprint density at radius 1 is 1.50 bits per heavy atom. The van der Waals surface area contributed by atoms with Crippen molar-refractivity contribution in [3.05, 3.63) is 17.5 Å². The second-order valence-electron chi connectivity index (χ2n) is 5.20. The average Bonchev–Trinajstić information content (AvgIpc) is 2.79. The van der Waals surface area contributed by atoms with Gasteiger partial charge in [-0.2, -0.15) is 5.10 Å². The molecule has 18 heavy (non-hydrogen) atoms. The number of hydrogen-bond donors (Lipinski definition) is 2. The van der Waals surface area contributed by atoms with E-state index in [2.05, 4.69) is 10.4 Å². The highest BCUT2D eigenvalue weighted by molar-refractivity contribution is 5.92. The predicted molar refractivity (Wildman–Crippen MR) is 70.5 cm³/mol. The molecule has 0 bridgehead atoms. The van der Waals surface area contributed by atoms with E-state index in [4.69, 9.17) is 5.11 Å². The summed E-state index contributed by atoms with van der Waals surface area (Å²) in [7, 11) is 0. The largest absolute Gasteiger partial charge is 0.396 e. The van der Waals surface area contributed by atoms with Crippen LogP contribution in [-0.2, 0) is 13.0 Å². The zero-order valence-electron chi connectivity index (χ0n) is 11.7. The molecule has 1 aromatic rings. The topological polar surface area (TPSA) is 67.2 Å². The summed E-state index contributed by atoms with van der Waals surface area (Å²) >= 11 is 0. The summed E-state index contributed by atoms with van der Waals surface area (Å²) in [5, 5.41) is 16.3. The Morgan fingerprint density at radius 2 is 2.17 bits per heavy atom. The molecule has 0 aliphatic heterocycles. The summed E-state index contributed by atoms with van der Waals surface area (Å²) in [6, 6.07) is 1.82. The van der Waals surface area contributed by atoms with Crippen LogP contribution in [0.25, 0.3) is 0 Å². The van der Waals surface area contributed by atoms with Gasteiger partial charge in [0.15, 0.2) is 0 Å². The van der Waals surface area contributed by atoms with Crippen molar-refractivity contribution in [2.24, 2.45) is 5.41 Å². The van der Waals surface area contributed by atoms with E-state index in [1.165, 1.54) is 0 Å². The van der Waals surface area contributed by atoms with Crippen LogP contribution in [0, 0.1) is 5.41 Å². The number of aryl methyl sites for hydroxylation is 2. The van der Waals surface area contributed by atoms with Crippen molar-refractivity contribution >= 4 is 5.91 Å². The van der Waals surface area contributed by atoms with Gasteiger partial charge in [-0.3, -0.25) is 9.48 Å². The van der Waals surface area contributed by atoms with Gasteiger partial charge in [-0.25, -0.2) is 0 Å². The third-order valence-electron chi connectivity index (χ3n) is 2.88. The minimum atomic E-state index is -0.305. The normalized spacial score (nSPS) is 11.6. The first kappa shape index (κ1) is 14.7. The molecular weight excluding hydrogens is 230 g/mol. The zero-order chi connectivity index (χ0) is 13.8. The number of nitrogens with one attached hydrogen (secondary N) is 1. The molecule has 0 fully saturated rings. The van der Waals surface area contributed by atoms with Crippen LogP contribution >= 0.6 is 0 Å². The van der Waals surface area contributed by atoms with E-state index >= 15 is 0 Å². The van der Waals surface area contributed by atoms with Gasteiger partial charge in [-0.05, 0) is 19.4 Å². The highest BCUT2D eigenvalue weighted by atomic mass is 16.3. The molecule has 1 rings (SSSR count). The van der Waals surface area contributed by atoms with Gasteiger partial charge < -0.3 is 10.4 Å². The van der Waals surface area contributed by atoms with E-state index in [1.54, 1.807) is 4.68 Å². The van der Waals surface area contributed by atoms with Crippen LogP contribution in [0.15, 0.2) is 6.07 Å². The van der Waals surface area contributed by atoms with Gasteiger partial charge in [-0.15, -0.1) is 0 Å². The van der Waals surface area contributed by atoms with Crippen LogP contribution in [0.5, 0.6) is 0 Å². The quantitative estimate of drug-likeness (QED) is 0.801. The molecule has 0 saturated heterocycles. The third-order valence-corrected chi connectivity index (χ3v) is 2.88. The Bertz CT molecular complexity index is 410. The molecule has 0 aromatic carbocycles. The lowest BCUT2D eigenvalue weighted by atomic mass is 9.95. The summed E-state index contributed by atoms with van der Waals surface area (Å²) in [5.41, 5.74) is 1.20. The van der Waals surface area contributed by atoms with Crippen molar-refractivity contribution < 1.29 is 9.90 Å². The second kappa shape index (κ2) is 6.00. The van der Waals surface area contributed by atoms with E-state index in [0.717, 1.165) is 12.1 Å². The molecule has 1 heterocycles. The number of carbonyl (C=O) groups is 1. The van der Waals surface area contributed by atoms with E-state index in [9.17, 15) is 4.79 Å². The van der Waals surface area contributed by atoms with Crippen LogP contribution in [0.1, 0.15) is 43.9 Å². The number of aromatic nitrogens is 2. The number of aliphatic hydroxyl groups is 1. The molecule has 5 nitrogen and oxygen atoms in total. The summed E-state index contributed by atoms with van der Waals surface area (Å²) < 4.78 is 1.71. The standard InChI is InChI=1S/C13H23N3O2/c1-5-10-7-11(16(6-2)15-10)12(18)14-8-13(3,4)9-17/h7,17H,5-6,8-9H2,1-4H3,(H,14,18). The number of rotatable bonds is 6. The second-order valence-corrected chi connectivity index (χ2v) is 5.20. The number of aliphatic hydroxyl groups excluding tert-OH is 1. The molecule has 0 radical (unpaired) electrons. The Hall–Kier alpha value is -1.36. The fourth-order valence-corrected chi connectivity index (χ4v) is 1.53. The van der Waals surface area contributed by atoms with Gasteiger partial charge in [0.2, 0.25) is 0 Å². The van der Waals surface area contributed by atoms with Crippen molar-refractivity contribution in [3.8, 4) is 0 Å². The Balaban J connectivity index is 2.75. The van der Waals surface area contributed by atoms with Crippen LogP contribution in [-0.4, -0.2) is 33.9 Å². The van der Waals surface area contributed by atoms with Crippen molar-refractivity contribution in [2.75, 3.05) is 13.2 Å². The molecule has 1 amide bonds. The monoisotopic (exact) mass is 253 g/mol. The molecule has 0 aliphatic carbocycles. The maximum absolute atomic E-state index is 12.1. The molecule has 2 N–H and O–H groups in total. The molecule has 5 heteroatoms. The molecule has 0 unspecified atom stereocenters. The first-order valence-electron chi connectivity index (χ1n) is 6.39. The number of nitrogens with zero attached hydrogens (tertiary/aromatic N) is 2. The zero-order valence-corrected chi connectivity index (χ0v) is 11.7. The smallest absolute Gasteiger partial charge is 0.269 e. The summed E-state index contributed by atoms with van der Waals surface area (Å²) in [6.07, 6.45) is 0.815. The molecule has 0 saturated carbocycles. The first-order valence-corrected chi connectivity index (χ1v) is 6.39. The van der Waals surface area contributed by atoms with Crippen molar-refractivity contribution in [2.45, 2.75) is 40.7 Å². The minimum absolute atomic E-state index is 0.0422. The molecule has 1 aromatic heterocycles. The molecule has 0 aliphatic rings. The van der Waals surface area contributed by atoms with Crippen LogP contribution < -0.4 is 5.32 Å². The van der Waals surface area contributed by atoms with E-state index in [-0.39, 0.29) is 17.9 Å². The van der Waals surface area contributed by atoms with E-state index in [0.29, 0.717) is 18.8 Å². The fraction of sp³-hybridized carbons (Fsp3) is 0.692. The lowest BCUT2D eigenvalue weighted by Gasteiger charge is -2.21. The fourth-order valence-electron chi connectivity index (χ4n) is 1.53. The molecule has 0 spiro atoms. The van der Waals surface area contributed by atoms with Crippen molar-refractivity contribution in [3.63, 3.8) is 0 Å². The van der Waals surface area contributed by atoms with Crippen LogP contribution in [0.2, 0.25) is 0 Å². The number of amides is 1. The lowest BCUT2D eigenvalue weighted by molar-refractivity contribution is 0.0900. The van der Waals surface area contributed by atoms with Gasteiger partial charge >= 0.3 is 0 Å². The Kier molecular flexibility index (Phi) is 4.90. The Labute approximate surface area is 108 Å². The number of hydrogen-bond acceptors (Lipinski definition) is 3. The third kappa shape index (κ3) is 3.57. The Morgan fingerprint density at radius 3 is 2.67 bits per heavy atom. The van der Waals surface area contributed by atoms with Gasteiger partial charge in [-0.1, -0.05) is 20.8 Å². The van der Waals surface area contributed by atoms with Crippen molar-refractivity contribution in [1.29, 1.82) is 0 Å². The summed E-state index contributed by atoms with van der Waals surface area (Å²) in [6.45, 7) is 8.94. The number of carbonyl (C=O) groups excluding carboxylic acids is 1.